The van der Waals surface area contributed by atoms with Gasteiger partial charge in [-0.1, -0.05) is 12.1 Å². The average molecular weight is 320 g/mol. The molecular formula is C17H16N6O. The first kappa shape index (κ1) is 14.4. The number of nitrogens with zero attached hydrogens (tertiary/aromatic N) is 5. The molecule has 2 aromatic carbocycles. The zero-order valence-corrected chi connectivity index (χ0v) is 13.6. The SMILES string of the molecule is COc1ccc(C)cc1Nc1nc2ccc(C)cc2n2nnnc12. The van der Waals surface area contributed by atoms with E-state index in [1.54, 1.807) is 11.6 Å². The predicted octanol–water partition coefficient (Wildman–Crippen LogP) is 3.04. The Bertz CT molecular complexity index is 1060. The van der Waals surface area contributed by atoms with Gasteiger partial charge in [0.1, 0.15) is 5.75 Å². The fourth-order valence-electron chi connectivity index (χ4n) is 2.70. The summed E-state index contributed by atoms with van der Waals surface area (Å²) in [6.07, 6.45) is 0. The number of hydrogen-bond acceptors (Lipinski definition) is 6. The summed E-state index contributed by atoms with van der Waals surface area (Å²) in [5, 5.41) is 15.3. The Morgan fingerprint density at radius 3 is 2.67 bits per heavy atom. The van der Waals surface area contributed by atoms with Crippen LogP contribution in [0.4, 0.5) is 11.5 Å². The van der Waals surface area contributed by atoms with E-state index in [1.807, 2.05) is 50.2 Å². The lowest BCUT2D eigenvalue weighted by Crippen LogP contribution is -2.02. The molecule has 0 atom stereocenters. The minimum atomic E-state index is 0.566. The van der Waals surface area contributed by atoms with Gasteiger partial charge in [0.25, 0.3) is 0 Å². The fourth-order valence-corrected chi connectivity index (χ4v) is 2.70. The van der Waals surface area contributed by atoms with Crippen molar-refractivity contribution in [3.63, 3.8) is 0 Å². The van der Waals surface area contributed by atoms with Crippen molar-refractivity contribution in [1.82, 2.24) is 25.0 Å². The third kappa shape index (κ3) is 2.30. The Morgan fingerprint density at radius 2 is 1.83 bits per heavy atom. The minimum Gasteiger partial charge on any atom is -0.495 e. The number of aromatic nitrogens is 5. The van der Waals surface area contributed by atoms with Crippen LogP contribution in [0.3, 0.4) is 0 Å². The van der Waals surface area contributed by atoms with E-state index in [-0.39, 0.29) is 0 Å². The van der Waals surface area contributed by atoms with Crippen LogP contribution in [0.15, 0.2) is 36.4 Å². The van der Waals surface area contributed by atoms with Gasteiger partial charge in [-0.3, -0.25) is 0 Å². The Kier molecular flexibility index (Phi) is 3.26. The van der Waals surface area contributed by atoms with Crippen molar-refractivity contribution in [2.45, 2.75) is 13.8 Å². The highest BCUT2D eigenvalue weighted by atomic mass is 16.5. The Labute approximate surface area is 138 Å². The maximum absolute atomic E-state index is 5.42. The molecule has 120 valence electrons. The number of ether oxygens (including phenoxy) is 1. The maximum Gasteiger partial charge on any atom is 0.222 e. The van der Waals surface area contributed by atoms with Crippen LogP contribution >= 0.6 is 0 Å². The summed E-state index contributed by atoms with van der Waals surface area (Å²) in [7, 11) is 1.64. The number of benzene rings is 2. The molecular weight excluding hydrogens is 304 g/mol. The average Bonchev–Trinajstić information content (AvgIpc) is 3.06. The normalized spacial score (nSPS) is 11.1. The highest BCUT2D eigenvalue weighted by Crippen LogP contribution is 2.30. The predicted molar refractivity (Wildman–Crippen MR) is 91.8 cm³/mol. The number of tetrazole rings is 1. The number of nitrogens with one attached hydrogen (secondary N) is 1. The van der Waals surface area contributed by atoms with E-state index in [0.29, 0.717) is 11.5 Å². The molecule has 0 radical (unpaired) electrons. The summed E-state index contributed by atoms with van der Waals surface area (Å²) in [5.41, 5.74) is 5.32. The van der Waals surface area contributed by atoms with Crippen molar-refractivity contribution in [3.05, 3.63) is 47.5 Å². The van der Waals surface area contributed by atoms with Gasteiger partial charge < -0.3 is 10.1 Å². The topological polar surface area (TPSA) is 77.2 Å². The number of rotatable bonds is 3. The van der Waals surface area contributed by atoms with Gasteiger partial charge in [0.2, 0.25) is 5.65 Å². The lowest BCUT2D eigenvalue weighted by atomic mass is 10.2. The quantitative estimate of drug-likeness (QED) is 0.625. The molecule has 0 aliphatic rings. The molecule has 0 bridgehead atoms. The van der Waals surface area contributed by atoms with Gasteiger partial charge in [-0.15, -0.1) is 5.10 Å². The summed E-state index contributed by atoms with van der Waals surface area (Å²) in [6, 6.07) is 11.9. The van der Waals surface area contributed by atoms with Gasteiger partial charge in [0.05, 0.1) is 23.8 Å². The zero-order valence-electron chi connectivity index (χ0n) is 13.6. The zero-order chi connectivity index (χ0) is 16.7. The number of anilines is 2. The molecule has 0 saturated carbocycles. The van der Waals surface area contributed by atoms with Crippen molar-refractivity contribution in [2.75, 3.05) is 12.4 Å². The summed E-state index contributed by atoms with van der Waals surface area (Å²) in [6.45, 7) is 4.05. The molecule has 2 heterocycles. The summed E-state index contributed by atoms with van der Waals surface area (Å²) in [4.78, 5) is 4.69. The molecule has 0 amide bonds. The van der Waals surface area contributed by atoms with E-state index in [0.717, 1.165) is 33.6 Å². The van der Waals surface area contributed by atoms with Gasteiger partial charge in [-0.25, -0.2) is 4.98 Å². The van der Waals surface area contributed by atoms with E-state index >= 15 is 0 Å². The Balaban J connectivity index is 1.92. The molecule has 4 aromatic rings. The van der Waals surface area contributed by atoms with E-state index in [2.05, 4.69) is 25.8 Å². The van der Waals surface area contributed by atoms with Gasteiger partial charge in [-0.05, 0) is 59.7 Å². The minimum absolute atomic E-state index is 0.566. The van der Waals surface area contributed by atoms with Crippen LogP contribution in [0.25, 0.3) is 16.7 Å². The van der Waals surface area contributed by atoms with Gasteiger partial charge in [0, 0.05) is 0 Å². The largest absolute Gasteiger partial charge is 0.495 e. The monoisotopic (exact) mass is 320 g/mol. The van der Waals surface area contributed by atoms with E-state index in [9.17, 15) is 0 Å². The Hall–Kier alpha value is -3.22. The van der Waals surface area contributed by atoms with Crippen LogP contribution in [0, 0.1) is 13.8 Å². The van der Waals surface area contributed by atoms with Gasteiger partial charge >= 0.3 is 0 Å². The lowest BCUT2D eigenvalue weighted by Gasteiger charge is -2.12. The molecule has 0 spiro atoms. The summed E-state index contributed by atoms with van der Waals surface area (Å²) in [5.74, 6) is 1.32. The molecule has 2 aromatic heterocycles. The second-order valence-electron chi connectivity index (χ2n) is 5.70. The summed E-state index contributed by atoms with van der Waals surface area (Å²) >= 11 is 0. The highest BCUT2D eigenvalue weighted by Gasteiger charge is 2.13. The molecule has 24 heavy (non-hydrogen) atoms. The third-order valence-corrected chi connectivity index (χ3v) is 3.88. The van der Waals surface area contributed by atoms with Crippen LogP contribution in [0.5, 0.6) is 5.75 Å². The van der Waals surface area contributed by atoms with Crippen molar-refractivity contribution in [3.8, 4) is 5.75 Å². The first-order chi connectivity index (χ1) is 11.7. The van der Waals surface area contributed by atoms with E-state index < -0.39 is 0 Å². The highest BCUT2D eigenvalue weighted by molar-refractivity contribution is 5.84. The second kappa shape index (κ2) is 5.45. The second-order valence-corrected chi connectivity index (χ2v) is 5.70. The molecule has 4 rings (SSSR count). The van der Waals surface area contributed by atoms with E-state index in [4.69, 9.17) is 4.74 Å². The molecule has 0 aliphatic carbocycles. The first-order valence-electron chi connectivity index (χ1n) is 7.56. The van der Waals surface area contributed by atoms with Crippen LogP contribution < -0.4 is 10.1 Å². The number of methoxy groups -OCH3 is 1. The van der Waals surface area contributed by atoms with Crippen molar-refractivity contribution in [2.24, 2.45) is 0 Å². The molecule has 0 saturated heterocycles. The standard InChI is InChI=1S/C17H16N6O/c1-10-5-7-15(24-3)13(8-10)19-16-17-20-21-22-23(17)14-9-11(2)4-6-12(14)18-16/h4-9H,1-3H3,(H,18,19). The molecule has 0 fully saturated rings. The van der Waals surface area contributed by atoms with Crippen LogP contribution in [-0.4, -0.2) is 32.1 Å². The molecule has 7 nitrogen and oxygen atoms in total. The van der Waals surface area contributed by atoms with E-state index in [1.165, 1.54) is 0 Å². The van der Waals surface area contributed by atoms with Crippen LogP contribution in [-0.2, 0) is 0 Å². The van der Waals surface area contributed by atoms with Crippen molar-refractivity contribution >= 4 is 28.2 Å². The maximum atomic E-state index is 5.42. The molecule has 1 N–H and O–H groups in total. The smallest absolute Gasteiger partial charge is 0.222 e. The first-order valence-corrected chi connectivity index (χ1v) is 7.56. The van der Waals surface area contributed by atoms with Crippen LogP contribution in [0.2, 0.25) is 0 Å². The molecule has 7 heteroatoms. The summed E-state index contributed by atoms with van der Waals surface area (Å²) < 4.78 is 7.11. The fraction of sp³-hybridized carbons (Fsp3) is 0.176. The third-order valence-electron chi connectivity index (χ3n) is 3.88. The lowest BCUT2D eigenvalue weighted by molar-refractivity contribution is 0.416. The van der Waals surface area contributed by atoms with Crippen LogP contribution in [0.1, 0.15) is 11.1 Å². The number of fused-ring (bicyclic) bond motifs is 3. The number of aryl methyl sites for hydroxylation is 2. The molecule has 0 unspecified atom stereocenters. The van der Waals surface area contributed by atoms with Crippen molar-refractivity contribution in [1.29, 1.82) is 0 Å². The molecule has 0 aliphatic heterocycles. The van der Waals surface area contributed by atoms with Gasteiger partial charge in [-0.2, -0.15) is 4.52 Å². The van der Waals surface area contributed by atoms with Gasteiger partial charge in [0.15, 0.2) is 5.82 Å². The van der Waals surface area contributed by atoms with Crippen molar-refractivity contribution < 1.29 is 4.74 Å². The Morgan fingerprint density at radius 1 is 1.04 bits per heavy atom. The number of hydrogen-bond donors (Lipinski definition) is 1.